The zero-order chi connectivity index (χ0) is 13.0. The molecule has 5 nitrogen and oxygen atoms in total. The molecule has 94 valence electrons. The molecule has 0 unspecified atom stereocenters. The van der Waals surface area contributed by atoms with Crippen LogP contribution in [0, 0.1) is 0 Å². The van der Waals surface area contributed by atoms with Crippen molar-refractivity contribution in [1.82, 2.24) is 14.8 Å². The second-order valence-corrected chi connectivity index (χ2v) is 4.40. The van der Waals surface area contributed by atoms with Crippen LogP contribution in [0.4, 0.5) is 0 Å². The van der Waals surface area contributed by atoms with Crippen LogP contribution in [0.2, 0.25) is 0 Å². The van der Waals surface area contributed by atoms with Crippen molar-refractivity contribution in [3.05, 3.63) is 29.4 Å². The molecule has 0 radical (unpaired) electrons. The zero-order valence-corrected chi connectivity index (χ0v) is 11.0. The molecule has 0 aliphatic carbocycles. The molecule has 2 heterocycles. The summed E-state index contributed by atoms with van der Waals surface area (Å²) in [4.78, 5) is 15.5. The number of rotatable bonds is 4. The van der Waals surface area contributed by atoms with E-state index in [0.717, 1.165) is 16.4 Å². The number of ether oxygens (including phenoxy) is 1. The highest BCUT2D eigenvalue weighted by Gasteiger charge is 2.06. The normalized spacial score (nSPS) is 11.0. The van der Waals surface area contributed by atoms with E-state index in [9.17, 15) is 4.79 Å². The van der Waals surface area contributed by atoms with Crippen LogP contribution < -0.4 is 0 Å². The maximum absolute atomic E-state index is 11.1. The number of esters is 1. The topological polar surface area (TPSA) is 57.0 Å². The van der Waals surface area contributed by atoms with E-state index in [0.29, 0.717) is 6.61 Å². The summed E-state index contributed by atoms with van der Waals surface area (Å²) in [6, 6.07) is 1.90. The van der Waals surface area contributed by atoms with Gasteiger partial charge in [-0.25, -0.2) is 9.78 Å². The Hall–Kier alpha value is -1.95. The Balaban J connectivity index is 2.09. The minimum absolute atomic E-state index is 0.357. The number of aryl methyl sites for hydroxylation is 1. The van der Waals surface area contributed by atoms with Gasteiger partial charge in [-0.2, -0.15) is 5.10 Å². The molecular weight excluding hydrogens is 250 g/mol. The van der Waals surface area contributed by atoms with E-state index < -0.39 is 0 Å². The third-order valence-corrected chi connectivity index (χ3v) is 3.01. The van der Waals surface area contributed by atoms with Crippen molar-refractivity contribution in [1.29, 1.82) is 0 Å². The minimum Gasteiger partial charge on any atom is -0.463 e. The maximum atomic E-state index is 11.1. The van der Waals surface area contributed by atoms with Gasteiger partial charge in [-0.1, -0.05) is 0 Å². The molecule has 0 fully saturated rings. The quantitative estimate of drug-likeness (QED) is 0.626. The predicted octanol–water partition coefficient (Wildman–Crippen LogP) is 2.12. The Morgan fingerprint density at radius 3 is 3.11 bits per heavy atom. The van der Waals surface area contributed by atoms with Gasteiger partial charge in [0.25, 0.3) is 0 Å². The SMILES string of the molecule is CCOC(=O)C=Cc1csc(-c2ccn(C)n2)n1. The van der Waals surface area contributed by atoms with Crippen LogP contribution in [0.25, 0.3) is 16.8 Å². The fourth-order valence-corrected chi connectivity index (χ4v) is 2.10. The lowest BCUT2D eigenvalue weighted by Gasteiger charge is -1.93. The summed E-state index contributed by atoms with van der Waals surface area (Å²) in [5, 5.41) is 6.98. The first-order valence-corrected chi connectivity index (χ1v) is 6.37. The lowest BCUT2D eigenvalue weighted by molar-refractivity contribution is -0.137. The van der Waals surface area contributed by atoms with Crippen molar-refractivity contribution >= 4 is 23.4 Å². The first kappa shape index (κ1) is 12.5. The van der Waals surface area contributed by atoms with Crippen molar-refractivity contribution in [3.63, 3.8) is 0 Å². The Bertz CT molecular complexity index is 571. The molecule has 18 heavy (non-hydrogen) atoms. The molecule has 0 N–H and O–H groups in total. The number of hydrogen-bond acceptors (Lipinski definition) is 5. The van der Waals surface area contributed by atoms with E-state index in [1.54, 1.807) is 17.7 Å². The van der Waals surface area contributed by atoms with Crippen LogP contribution in [-0.2, 0) is 16.6 Å². The van der Waals surface area contributed by atoms with E-state index in [-0.39, 0.29) is 5.97 Å². The number of aromatic nitrogens is 3. The van der Waals surface area contributed by atoms with Crippen molar-refractivity contribution in [3.8, 4) is 10.7 Å². The van der Waals surface area contributed by atoms with Crippen LogP contribution in [0.1, 0.15) is 12.6 Å². The second-order valence-electron chi connectivity index (χ2n) is 3.54. The molecular formula is C12H13N3O2S. The van der Waals surface area contributed by atoms with Crippen molar-refractivity contribution in [2.75, 3.05) is 6.61 Å². The van der Waals surface area contributed by atoms with E-state index >= 15 is 0 Å². The van der Waals surface area contributed by atoms with Crippen LogP contribution in [0.15, 0.2) is 23.7 Å². The van der Waals surface area contributed by atoms with Gasteiger partial charge in [-0.3, -0.25) is 4.68 Å². The van der Waals surface area contributed by atoms with Crippen molar-refractivity contribution in [2.45, 2.75) is 6.92 Å². The van der Waals surface area contributed by atoms with E-state index in [1.807, 2.05) is 24.7 Å². The van der Waals surface area contributed by atoms with Crippen LogP contribution in [0.5, 0.6) is 0 Å². The molecule has 0 spiro atoms. The largest absolute Gasteiger partial charge is 0.463 e. The number of thiazole rings is 1. The highest BCUT2D eigenvalue weighted by Crippen LogP contribution is 2.22. The van der Waals surface area contributed by atoms with Crippen molar-refractivity contribution in [2.24, 2.45) is 7.05 Å². The molecule has 0 amide bonds. The van der Waals surface area contributed by atoms with Gasteiger partial charge in [0.1, 0.15) is 10.7 Å². The third-order valence-electron chi connectivity index (χ3n) is 2.13. The summed E-state index contributed by atoms with van der Waals surface area (Å²) in [6.45, 7) is 2.15. The van der Waals surface area contributed by atoms with Gasteiger partial charge >= 0.3 is 5.97 Å². The van der Waals surface area contributed by atoms with Gasteiger partial charge in [0, 0.05) is 24.7 Å². The summed E-state index contributed by atoms with van der Waals surface area (Å²) >= 11 is 1.49. The first-order valence-electron chi connectivity index (χ1n) is 5.49. The molecule has 0 atom stereocenters. The van der Waals surface area contributed by atoms with Gasteiger partial charge in [0.15, 0.2) is 0 Å². The lowest BCUT2D eigenvalue weighted by atomic mass is 10.4. The van der Waals surface area contributed by atoms with Crippen LogP contribution >= 0.6 is 11.3 Å². The van der Waals surface area contributed by atoms with Crippen LogP contribution in [0.3, 0.4) is 0 Å². The minimum atomic E-state index is -0.357. The summed E-state index contributed by atoms with van der Waals surface area (Å²) in [6.07, 6.45) is 4.88. The molecule has 2 aromatic heterocycles. The molecule has 2 aromatic rings. The summed E-state index contributed by atoms with van der Waals surface area (Å²) in [7, 11) is 1.86. The lowest BCUT2D eigenvalue weighted by Crippen LogP contribution is -1.98. The third kappa shape index (κ3) is 3.04. The smallest absolute Gasteiger partial charge is 0.330 e. The fourth-order valence-electron chi connectivity index (χ4n) is 1.35. The summed E-state index contributed by atoms with van der Waals surface area (Å²) in [5.41, 5.74) is 1.56. The van der Waals surface area contributed by atoms with E-state index in [2.05, 4.69) is 10.1 Å². The van der Waals surface area contributed by atoms with Gasteiger partial charge in [0.2, 0.25) is 0 Å². The second kappa shape index (κ2) is 5.59. The summed E-state index contributed by atoms with van der Waals surface area (Å²) in [5.74, 6) is -0.357. The standard InChI is InChI=1S/C12H13N3O2S/c1-3-17-11(16)5-4-9-8-18-12(13-9)10-6-7-15(2)14-10/h4-8H,3H2,1-2H3. The summed E-state index contributed by atoms with van der Waals surface area (Å²) < 4.78 is 6.52. The molecule has 6 heteroatoms. The van der Waals surface area contributed by atoms with Gasteiger partial charge in [-0.15, -0.1) is 11.3 Å². The van der Waals surface area contributed by atoms with Gasteiger partial charge < -0.3 is 4.74 Å². The highest BCUT2D eigenvalue weighted by molar-refractivity contribution is 7.13. The van der Waals surface area contributed by atoms with Gasteiger partial charge in [0.05, 0.1) is 12.3 Å². The Labute approximate surface area is 109 Å². The molecule has 0 aliphatic rings. The number of hydrogen-bond donors (Lipinski definition) is 0. The Morgan fingerprint density at radius 2 is 2.44 bits per heavy atom. The van der Waals surface area contributed by atoms with Crippen LogP contribution in [-0.4, -0.2) is 27.3 Å². The maximum Gasteiger partial charge on any atom is 0.330 e. The molecule has 0 saturated heterocycles. The monoisotopic (exact) mass is 263 g/mol. The Morgan fingerprint density at radius 1 is 1.61 bits per heavy atom. The van der Waals surface area contributed by atoms with E-state index in [4.69, 9.17) is 4.74 Å². The average molecular weight is 263 g/mol. The fraction of sp³-hybridized carbons (Fsp3) is 0.250. The first-order chi connectivity index (χ1) is 8.69. The zero-order valence-electron chi connectivity index (χ0n) is 10.2. The number of nitrogens with zero attached hydrogens (tertiary/aromatic N) is 3. The number of carbonyl (C=O) groups excluding carboxylic acids is 1. The predicted molar refractivity (Wildman–Crippen MR) is 70.0 cm³/mol. The molecule has 0 bridgehead atoms. The molecule has 2 rings (SSSR count). The molecule has 0 aromatic carbocycles. The van der Waals surface area contributed by atoms with Crippen molar-refractivity contribution < 1.29 is 9.53 Å². The van der Waals surface area contributed by atoms with E-state index in [1.165, 1.54) is 17.4 Å². The molecule has 0 aliphatic heterocycles. The van der Waals surface area contributed by atoms with Gasteiger partial charge in [-0.05, 0) is 19.1 Å². The molecule has 0 saturated carbocycles. The average Bonchev–Trinajstić information content (AvgIpc) is 2.95. The number of carbonyl (C=O) groups is 1. The Kier molecular flexibility index (Phi) is 3.88. The highest BCUT2D eigenvalue weighted by atomic mass is 32.1.